The van der Waals surface area contributed by atoms with E-state index in [1.165, 1.54) is 22.7 Å². The molecule has 0 radical (unpaired) electrons. The van der Waals surface area contributed by atoms with E-state index in [4.69, 9.17) is 4.74 Å². The number of rotatable bonds is 6. The Balaban J connectivity index is 2.29. The SMILES string of the molecule is CCOC1(CC)C=CC(S(=O)(=O)N2CCN(CC)CC2)=CN1C(=O)O. The second-order valence-corrected chi connectivity index (χ2v) is 7.93. The standard InChI is InChI=1S/C16H27N3O5S/c1-4-16(24-6-3)8-7-14(13-19(16)15(20)21)25(22,23)18-11-9-17(5-2)10-12-18/h7-8,13H,4-6,9-12H2,1-3H3,(H,20,21). The molecule has 1 unspecified atom stereocenters. The quantitative estimate of drug-likeness (QED) is 0.759. The van der Waals surface area contributed by atoms with Gasteiger partial charge in [0, 0.05) is 39.0 Å². The summed E-state index contributed by atoms with van der Waals surface area (Å²) in [5.74, 6) is 0. The molecule has 142 valence electrons. The van der Waals surface area contributed by atoms with E-state index in [-0.39, 0.29) is 4.91 Å². The number of carbonyl (C=O) groups is 1. The fourth-order valence-corrected chi connectivity index (χ4v) is 4.56. The molecule has 1 atom stereocenters. The lowest BCUT2D eigenvalue weighted by atomic mass is 10.1. The molecule has 2 heterocycles. The van der Waals surface area contributed by atoms with Crippen LogP contribution in [0.4, 0.5) is 4.79 Å². The largest absolute Gasteiger partial charge is 0.465 e. The summed E-state index contributed by atoms with van der Waals surface area (Å²) in [6, 6.07) is 0. The Hall–Kier alpha value is -1.42. The lowest BCUT2D eigenvalue weighted by Gasteiger charge is -2.40. The zero-order valence-electron chi connectivity index (χ0n) is 15.0. The molecular weight excluding hydrogens is 346 g/mol. The highest BCUT2D eigenvalue weighted by atomic mass is 32.2. The van der Waals surface area contributed by atoms with Crippen LogP contribution in [-0.2, 0) is 14.8 Å². The first-order valence-electron chi connectivity index (χ1n) is 8.60. The summed E-state index contributed by atoms with van der Waals surface area (Å²) < 4.78 is 32.8. The van der Waals surface area contributed by atoms with Gasteiger partial charge in [-0.2, -0.15) is 4.31 Å². The van der Waals surface area contributed by atoms with Gasteiger partial charge in [-0.25, -0.2) is 13.2 Å². The molecule has 0 saturated carbocycles. The number of nitrogens with zero attached hydrogens (tertiary/aromatic N) is 3. The van der Waals surface area contributed by atoms with Crippen molar-refractivity contribution in [2.75, 3.05) is 39.3 Å². The second-order valence-electron chi connectivity index (χ2n) is 5.99. The third-order valence-corrected chi connectivity index (χ3v) is 6.58. The predicted octanol–water partition coefficient (Wildman–Crippen LogP) is 1.49. The molecule has 9 heteroatoms. The van der Waals surface area contributed by atoms with Gasteiger partial charge in [-0.3, -0.25) is 4.90 Å². The number of allylic oxidation sites excluding steroid dienone is 1. The lowest BCUT2D eigenvalue weighted by molar-refractivity contribution is -0.0881. The molecule has 1 N–H and O–H groups in total. The first-order valence-corrected chi connectivity index (χ1v) is 10.0. The zero-order chi connectivity index (χ0) is 18.7. The van der Waals surface area contributed by atoms with Crippen LogP contribution in [0.1, 0.15) is 27.2 Å². The van der Waals surface area contributed by atoms with Crippen LogP contribution < -0.4 is 0 Å². The first kappa shape index (κ1) is 19.9. The highest BCUT2D eigenvalue weighted by Gasteiger charge is 2.41. The summed E-state index contributed by atoms with van der Waals surface area (Å²) in [5.41, 5.74) is -1.17. The van der Waals surface area contributed by atoms with Gasteiger partial charge in [-0.15, -0.1) is 0 Å². The van der Waals surface area contributed by atoms with Gasteiger partial charge in [0.25, 0.3) is 0 Å². The normalized spacial score (nSPS) is 25.9. The number of hydrogen-bond donors (Lipinski definition) is 1. The molecule has 0 spiro atoms. The minimum atomic E-state index is -3.74. The number of ether oxygens (including phenoxy) is 1. The number of sulfonamides is 1. The maximum Gasteiger partial charge on any atom is 0.414 e. The van der Waals surface area contributed by atoms with E-state index in [2.05, 4.69) is 4.90 Å². The van der Waals surface area contributed by atoms with Crippen LogP contribution >= 0.6 is 0 Å². The van der Waals surface area contributed by atoms with Crippen LogP contribution in [-0.4, -0.2) is 78.8 Å². The summed E-state index contributed by atoms with van der Waals surface area (Å²) in [5, 5.41) is 9.54. The molecule has 2 aliphatic heterocycles. The Bertz CT molecular complexity index is 653. The molecule has 2 rings (SSSR count). The van der Waals surface area contributed by atoms with Crippen LogP contribution in [0.25, 0.3) is 0 Å². The highest BCUT2D eigenvalue weighted by Crippen LogP contribution is 2.32. The topological polar surface area (TPSA) is 90.4 Å². The van der Waals surface area contributed by atoms with Crippen LogP contribution in [0.15, 0.2) is 23.3 Å². The average molecular weight is 373 g/mol. The molecule has 25 heavy (non-hydrogen) atoms. The van der Waals surface area contributed by atoms with E-state index in [1.807, 2.05) is 6.92 Å². The van der Waals surface area contributed by atoms with Gasteiger partial charge in [0.1, 0.15) is 0 Å². The van der Waals surface area contributed by atoms with E-state index < -0.39 is 21.8 Å². The number of carboxylic acid groups (broad SMARTS) is 1. The molecule has 8 nitrogen and oxygen atoms in total. The minimum absolute atomic E-state index is 0.0244. The predicted molar refractivity (Wildman–Crippen MR) is 94.3 cm³/mol. The van der Waals surface area contributed by atoms with Crippen molar-refractivity contribution in [3.8, 4) is 0 Å². The molecule has 0 aromatic rings. The minimum Gasteiger partial charge on any atom is -0.465 e. The zero-order valence-corrected chi connectivity index (χ0v) is 15.8. The third-order valence-electron chi connectivity index (χ3n) is 4.70. The molecule has 0 bridgehead atoms. The number of piperazine rings is 1. The van der Waals surface area contributed by atoms with Crippen molar-refractivity contribution < 1.29 is 23.1 Å². The smallest absolute Gasteiger partial charge is 0.414 e. The molecule has 0 aromatic heterocycles. The molecule has 0 aliphatic carbocycles. The Morgan fingerprint density at radius 3 is 2.36 bits per heavy atom. The monoisotopic (exact) mass is 373 g/mol. The first-order chi connectivity index (χ1) is 11.8. The van der Waals surface area contributed by atoms with Crippen molar-refractivity contribution in [1.29, 1.82) is 0 Å². The van der Waals surface area contributed by atoms with E-state index in [1.54, 1.807) is 13.8 Å². The molecule has 2 aliphatic rings. The van der Waals surface area contributed by atoms with Gasteiger partial charge in [0.05, 0.1) is 4.91 Å². The van der Waals surface area contributed by atoms with Gasteiger partial charge in [0.2, 0.25) is 10.0 Å². The Morgan fingerprint density at radius 2 is 1.88 bits per heavy atom. The van der Waals surface area contributed by atoms with E-state index in [0.29, 0.717) is 39.2 Å². The third kappa shape index (κ3) is 3.89. The van der Waals surface area contributed by atoms with Crippen molar-refractivity contribution in [3.63, 3.8) is 0 Å². The van der Waals surface area contributed by atoms with Crippen LogP contribution in [0.2, 0.25) is 0 Å². The lowest BCUT2D eigenvalue weighted by Crippen LogP contribution is -2.52. The summed E-state index contributed by atoms with van der Waals surface area (Å²) in [4.78, 5) is 14.8. The summed E-state index contributed by atoms with van der Waals surface area (Å²) in [7, 11) is -3.74. The fourth-order valence-electron chi connectivity index (χ4n) is 3.13. The molecule has 1 amide bonds. The Labute approximate surface area is 149 Å². The summed E-state index contributed by atoms with van der Waals surface area (Å²) in [6.45, 7) is 8.96. The summed E-state index contributed by atoms with van der Waals surface area (Å²) in [6.07, 6.45) is 3.29. The van der Waals surface area contributed by atoms with E-state index >= 15 is 0 Å². The highest BCUT2D eigenvalue weighted by molar-refractivity contribution is 7.93. The van der Waals surface area contributed by atoms with Crippen molar-refractivity contribution in [2.45, 2.75) is 32.9 Å². The fraction of sp³-hybridized carbons (Fsp3) is 0.688. The van der Waals surface area contributed by atoms with Gasteiger partial charge in [-0.05, 0) is 32.0 Å². The van der Waals surface area contributed by atoms with Gasteiger partial charge >= 0.3 is 6.09 Å². The maximum absolute atomic E-state index is 12.9. The Morgan fingerprint density at radius 1 is 1.24 bits per heavy atom. The van der Waals surface area contributed by atoms with Gasteiger partial charge < -0.3 is 14.7 Å². The van der Waals surface area contributed by atoms with Crippen LogP contribution in [0.3, 0.4) is 0 Å². The molecule has 1 fully saturated rings. The van der Waals surface area contributed by atoms with Crippen molar-refractivity contribution >= 4 is 16.1 Å². The number of likely N-dealkylation sites (N-methyl/N-ethyl adjacent to an activating group) is 1. The van der Waals surface area contributed by atoms with Crippen molar-refractivity contribution in [2.24, 2.45) is 0 Å². The number of amides is 1. The second kappa shape index (κ2) is 7.86. The van der Waals surface area contributed by atoms with Gasteiger partial charge in [0.15, 0.2) is 5.72 Å². The van der Waals surface area contributed by atoms with Gasteiger partial charge in [-0.1, -0.05) is 13.8 Å². The molecule has 1 saturated heterocycles. The summed E-state index contributed by atoms with van der Waals surface area (Å²) >= 11 is 0. The van der Waals surface area contributed by atoms with Crippen LogP contribution in [0, 0.1) is 0 Å². The van der Waals surface area contributed by atoms with E-state index in [9.17, 15) is 18.3 Å². The van der Waals surface area contributed by atoms with Crippen molar-refractivity contribution in [3.05, 3.63) is 23.3 Å². The Kier molecular flexibility index (Phi) is 6.26. The molecular formula is C16H27N3O5S. The molecule has 0 aromatic carbocycles. The number of hydrogen-bond acceptors (Lipinski definition) is 5. The van der Waals surface area contributed by atoms with E-state index in [0.717, 1.165) is 11.4 Å². The maximum atomic E-state index is 12.9. The average Bonchev–Trinajstić information content (AvgIpc) is 2.61. The van der Waals surface area contributed by atoms with Crippen molar-refractivity contribution in [1.82, 2.24) is 14.1 Å². The van der Waals surface area contributed by atoms with Crippen LogP contribution in [0.5, 0.6) is 0 Å².